The maximum atomic E-state index is 12.4. The summed E-state index contributed by atoms with van der Waals surface area (Å²) in [5, 5.41) is 2.83. The number of halogens is 1. The summed E-state index contributed by atoms with van der Waals surface area (Å²) in [5.41, 5.74) is 5.88. The minimum Gasteiger partial charge on any atom is -0.457 e. The molecule has 2 aromatic rings. The van der Waals surface area contributed by atoms with Gasteiger partial charge < -0.3 is 20.5 Å². The lowest BCUT2D eigenvalue weighted by atomic mass is 9.90. The molecule has 0 spiro atoms. The lowest BCUT2D eigenvalue weighted by Crippen LogP contribution is -2.54. The van der Waals surface area contributed by atoms with Crippen molar-refractivity contribution >= 4 is 33.8 Å². The van der Waals surface area contributed by atoms with Crippen LogP contribution in [0.4, 0.5) is 5.69 Å². The molecule has 0 unspecified atom stereocenters. The van der Waals surface area contributed by atoms with Gasteiger partial charge in [0, 0.05) is 25.2 Å². The molecule has 1 saturated heterocycles. The fourth-order valence-corrected chi connectivity index (χ4v) is 3.35. The van der Waals surface area contributed by atoms with Gasteiger partial charge in [0.1, 0.15) is 17.0 Å². The molecule has 1 heterocycles. The van der Waals surface area contributed by atoms with Gasteiger partial charge in [0.15, 0.2) is 9.84 Å². The molecule has 1 aliphatic heterocycles. The summed E-state index contributed by atoms with van der Waals surface area (Å²) in [4.78, 5) is 12.6. The predicted octanol–water partition coefficient (Wildman–Crippen LogP) is 2.75. The second-order valence-corrected chi connectivity index (χ2v) is 8.61. The van der Waals surface area contributed by atoms with Crippen molar-refractivity contribution in [2.45, 2.75) is 23.3 Å². The normalized spacial score (nSPS) is 15.9. The van der Waals surface area contributed by atoms with E-state index in [1.54, 1.807) is 36.4 Å². The second-order valence-electron chi connectivity index (χ2n) is 6.59. The Bertz CT molecular complexity index is 908. The summed E-state index contributed by atoms with van der Waals surface area (Å²) < 4.78 is 33.9. The fraction of sp³-hybridized carbons (Fsp3) is 0.316. The largest absolute Gasteiger partial charge is 0.457 e. The number of rotatable bonds is 5. The average Bonchev–Trinajstić information content (AvgIpc) is 2.64. The highest BCUT2D eigenvalue weighted by Gasteiger charge is 2.35. The number of benzene rings is 2. The molecule has 1 amide bonds. The van der Waals surface area contributed by atoms with E-state index in [9.17, 15) is 13.2 Å². The molecule has 3 rings (SSSR count). The summed E-state index contributed by atoms with van der Waals surface area (Å²) in [6, 6.07) is 13.1. The molecule has 0 saturated carbocycles. The first-order valence-corrected chi connectivity index (χ1v) is 10.4. The number of sulfone groups is 1. The first-order valence-electron chi connectivity index (χ1n) is 8.52. The third-order valence-electron chi connectivity index (χ3n) is 4.44. The maximum Gasteiger partial charge on any atom is 0.244 e. The summed E-state index contributed by atoms with van der Waals surface area (Å²) in [5.74, 6) is 0.853. The summed E-state index contributed by atoms with van der Waals surface area (Å²) in [7, 11) is -3.24. The van der Waals surface area contributed by atoms with E-state index >= 15 is 0 Å². The Hall–Kier alpha value is -2.13. The number of nitrogens with one attached hydrogen (secondary N) is 1. The van der Waals surface area contributed by atoms with Crippen LogP contribution in [0.15, 0.2) is 53.4 Å². The van der Waals surface area contributed by atoms with Crippen LogP contribution in [-0.2, 0) is 19.4 Å². The zero-order chi connectivity index (χ0) is 19.5. The van der Waals surface area contributed by atoms with E-state index in [1.165, 1.54) is 12.1 Å². The fourth-order valence-electron chi connectivity index (χ4n) is 2.72. The van der Waals surface area contributed by atoms with Crippen molar-refractivity contribution in [1.29, 1.82) is 0 Å². The van der Waals surface area contributed by atoms with Gasteiger partial charge in [0.05, 0.1) is 4.90 Å². The first-order chi connectivity index (χ1) is 12.8. The molecule has 0 aliphatic carbocycles. The molecule has 28 heavy (non-hydrogen) atoms. The van der Waals surface area contributed by atoms with Crippen LogP contribution in [0, 0.1) is 0 Å². The quantitative estimate of drug-likeness (QED) is 0.761. The minimum absolute atomic E-state index is 0. The van der Waals surface area contributed by atoms with Gasteiger partial charge in [0.25, 0.3) is 0 Å². The monoisotopic (exact) mass is 426 g/mol. The Balaban J connectivity index is 0.00000280. The zero-order valence-electron chi connectivity index (χ0n) is 15.4. The zero-order valence-corrected chi connectivity index (χ0v) is 17.0. The topological polar surface area (TPSA) is 108 Å². The molecule has 152 valence electrons. The third kappa shape index (κ3) is 5.45. The third-order valence-corrected chi connectivity index (χ3v) is 5.57. The van der Waals surface area contributed by atoms with Gasteiger partial charge in [-0.1, -0.05) is 0 Å². The van der Waals surface area contributed by atoms with Crippen LogP contribution in [0.3, 0.4) is 0 Å². The van der Waals surface area contributed by atoms with Crippen LogP contribution in [0.1, 0.15) is 12.8 Å². The molecule has 0 aromatic heterocycles. The van der Waals surface area contributed by atoms with Crippen molar-refractivity contribution in [2.24, 2.45) is 5.73 Å². The van der Waals surface area contributed by atoms with Gasteiger partial charge >= 0.3 is 0 Å². The Morgan fingerprint density at radius 3 is 2.04 bits per heavy atom. The van der Waals surface area contributed by atoms with Gasteiger partial charge in [-0.3, -0.25) is 4.79 Å². The van der Waals surface area contributed by atoms with Gasteiger partial charge in [0.2, 0.25) is 5.91 Å². The molecule has 0 bridgehead atoms. The van der Waals surface area contributed by atoms with E-state index in [-0.39, 0.29) is 23.2 Å². The Labute approximate surface area is 170 Å². The molecule has 1 aliphatic rings. The van der Waals surface area contributed by atoms with Crippen LogP contribution in [0.2, 0.25) is 0 Å². The number of hydrogen-bond acceptors (Lipinski definition) is 6. The lowest BCUT2D eigenvalue weighted by Gasteiger charge is -2.31. The molecule has 0 atom stereocenters. The Morgan fingerprint density at radius 2 is 1.54 bits per heavy atom. The van der Waals surface area contributed by atoms with Crippen molar-refractivity contribution in [3.63, 3.8) is 0 Å². The summed E-state index contributed by atoms with van der Waals surface area (Å²) in [6.07, 6.45) is 2.13. The SMILES string of the molecule is CS(=O)(=O)c1ccc(Oc2ccc(NC(=O)C3(N)CCOCC3)cc2)cc1.Cl. The highest BCUT2D eigenvalue weighted by molar-refractivity contribution is 7.90. The molecule has 3 N–H and O–H groups in total. The van der Waals surface area contributed by atoms with Gasteiger partial charge in [-0.2, -0.15) is 0 Å². The number of hydrogen-bond donors (Lipinski definition) is 2. The van der Waals surface area contributed by atoms with Crippen molar-refractivity contribution in [3.8, 4) is 11.5 Å². The standard InChI is InChI=1S/C19H22N2O5S.ClH/c1-27(23,24)17-8-6-16(7-9-17)26-15-4-2-14(3-5-15)21-18(22)19(20)10-12-25-13-11-19;/h2-9H,10-13,20H2,1H3,(H,21,22);1H. The van der Waals surface area contributed by atoms with Gasteiger partial charge in [-0.05, 0) is 61.4 Å². The number of carbonyl (C=O) groups excluding carboxylic acids is 1. The van der Waals surface area contributed by atoms with E-state index in [4.69, 9.17) is 15.2 Å². The van der Waals surface area contributed by atoms with Gasteiger partial charge in [-0.15, -0.1) is 12.4 Å². The smallest absolute Gasteiger partial charge is 0.244 e. The number of nitrogens with two attached hydrogens (primary N) is 1. The average molecular weight is 427 g/mol. The van der Waals surface area contributed by atoms with E-state index in [1.807, 2.05) is 0 Å². The van der Waals surface area contributed by atoms with E-state index in [2.05, 4.69) is 5.32 Å². The Kier molecular flexibility index (Phi) is 7.06. The Morgan fingerprint density at radius 1 is 1.04 bits per heavy atom. The lowest BCUT2D eigenvalue weighted by molar-refractivity contribution is -0.124. The minimum atomic E-state index is -3.24. The van der Waals surface area contributed by atoms with E-state index < -0.39 is 15.4 Å². The van der Waals surface area contributed by atoms with Crippen molar-refractivity contribution < 1.29 is 22.7 Å². The summed E-state index contributed by atoms with van der Waals surface area (Å²) >= 11 is 0. The van der Waals surface area contributed by atoms with Gasteiger partial charge in [-0.25, -0.2) is 8.42 Å². The number of amides is 1. The molecular weight excluding hydrogens is 404 g/mol. The van der Waals surface area contributed by atoms with Crippen molar-refractivity contribution in [1.82, 2.24) is 0 Å². The first kappa shape index (κ1) is 22.2. The highest BCUT2D eigenvalue weighted by Crippen LogP contribution is 2.25. The van der Waals surface area contributed by atoms with Crippen molar-refractivity contribution in [3.05, 3.63) is 48.5 Å². The molecule has 2 aromatic carbocycles. The van der Waals surface area contributed by atoms with Crippen LogP contribution >= 0.6 is 12.4 Å². The molecule has 1 fully saturated rings. The number of ether oxygens (including phenoxy) is 2. The van der Waals surface area contributed by atoms with Crippen molar-refractivity contribution in [2.75, 3.05) is 24.8 Å². The molecule has 7 nitrogen and oxygen atoms in total. The molecular formula is C19H23ClN2O5S. The van der Waals surface area contributed by atoms with E-state index in [0.717, 1.165) is 6.26 Å². The number of anilines is 1. The highest BCUT2D eigenvalue weighted by atomic mass is 35.5. The molecule has 0 radical (unpaired) electrons. The van der Waals surface area contributed by atoms with Crippen LogP contribution in [0.5, 0.6) is 11.5 Å². The van der Waals surface area contributed by atoms with E-state index in [0.29, 0.717) is 43.2 Å². The molecule has 9 heteroatoms. The van der Waals surface area contributed by atoms with Crippen LogP contribution in [0.25, 0.3) is 0 Å². The predicted molar refractivity (Wildman–Crippen MR) is 109 cm³/mol. The van der Waals surface area contributed by atoms with Crippen LogP contribution in [-0.4, -0.2) is 39.3 Å². The maximum absolute atomic E-state index is 12.4. The van der Waals surface area contributed by atoms with Crippen LogP contribution < -0.4 is 15.8 Å². The summed E-state index contributed by atoms with van der Waals surface area (Å²) in [6.45, 7) is 0.962. The number of carbonyl (C=O) groups is 1. The second kappa shape index (κ2) is 8.91.